The van der Waals surface area contributed by atoms with Crippen LogP contribution in [0.5, 0.6) is 0 Å². The van der Waals surface area contributed by atoms with Crippen molar-refractivity contribution in [1.82, 2.24) is 14.5 Å². The maximum atomic E-state index is 6.62. The van der Waals surface area contributed by atoms with Gasteiger partial charge in [-0.15, -0.1) is 0 Å². The van der Waals surface area contributed by atoms with E-state index in [-0.39, 0.29) is 0 Å². The van der Waals surface area contributed by atoms with E-state index < -0.39 is 0 Å². The van der Waals surface area contributed by atoms with Gasteiger partial charge in [-0.2, -0.15) is 0 Å². The van der Waals surface area contributed by atoms with E-state index in [4.69, 9.17) is 21.6 Å². The topological polar surface area (TPSA) is 30.7 Å². The second kappa shape index (κ2) is 9.77. The van der Waals surface area contributed by atoms with Crippen LogP contribution >= 0.6 is 11.6 Å². The van der Waals surface area contributed by atoms with Crippen LogP contribution in [-0.4, -0.2) is 14.5 Å². The van der Waals surface area contributed by atoms with Crippen LogP contribution < -0.4 is 0 Å². The second-order valence-corrected chi connectivity index (χ2v) is 11.6. The summed E-state index contributed by atoms with van der Waals surface area (Å²) in [6.07, 6.45) is 0. The smallest absolute Gasteiger partial charge is 0.165 e. The molecule has 7 aromatic carbocycles. The first-order valence-corrected chi connectivity index (χ1v) is 15.1. The summed E-state index contributed by atoms with van der Waals surface area (Å²) in [6.45, 7) is 0. The summed E-state index contributed by atoms with van der Waals surface area (Å²) < 4.78 is 2.27. The summed E-state index contributed by atoms with van der Waals surface area (Å²) in [6, 6.07) is 50.7. The molecule has 0 bridgehead atoms. The first-order chi connectivity index (χ1) is 21.7. The zero-order valence-corrected chi connectivity index (χ0v) is 24.3. The third-order valence-electron chi connectivity index (χ3n) is 8.64. The van der Waals surface area contributed by atoms with Crippen LogP contribution in [0, 0.1) is 0 Å². The minimum Gasteiger partial charge on any atom is -0.292 e. The van der Waals surface area contributed by atoms with Gasteiger partial charge in [-0.25, -0.2) is 9.97 Å². The third kappa shape index (κ3) is 3.76. The molecule has 2 heterocycles. The molecule has 0 unspecified atom stereocenters. The molecular formula is C40H24ClN3. The number of nitrogens with zero attached hydrogens (tertiary/aromatic N) is 3. The van der Waals surface area contributed by atoms with Crippen LogP contribution in [0.15, 0.2) is 146 Å². The van der Waals surface area contributed by atoms with Crippen LogP contribution in [-0.2, 0) is 0 Å². The number of para-hydroxylation sites is 2. The summed E-state index contributed by atoms with van der Waals surface area (Å²) in [4.78, 5) is 10.7. The van der Waals surface area contributed by atoms with Gasteiger partial charge >= 0.3 is 0 Å². The molecule has 4 heteroatoms. The summed E-state index contributed by atoms with van der Waals surface area (Å²) in [5.41, 5.74) is 8.07. The maximum Gasteiger partial charge on any atom is 0.165 e. The van der Waals surface area contributed by atoms with Crippen LogP contribution in [0.2, 0.25) is 5.02 Å². The highest BCUT2D eigenvalue weighted by Crippen LogP contribution is 2.42. The molecule has 0 amide bonds. The predicted octanol–water partition coefficient (Wildman–Crippen LogP) is 11.0. The van der Waals surface area contributed by atoms with E-state index in [1.165, 1.54) is 27.3 Å². The van der Waals surface area contributed by atoms with E-state index in [1.54, 1.807) is 0 Å². The Morgan fingerprint density at radius 1 is 0.477 bits per heavy atom. The third-order valence-corrected chi connectivity index (χ3v) is 8.88. The Balaban J connectivity index is 1.43. The Labute approximate surface area is 258 Å². The van der Waals surface area contributed by atoms with Crippen molar-refractivity contribution in [1.29, 1.82) is 0 Å². The number of hydrogen-bond acceptors (Lipinski definition) is 2. The van der Waals surface area contributed by atoms with Gasteiger partial charge in [-0.3, -0.25) is 4.57 Å². The molecule has 2 aromatic heterocycles. The highest BCUT2D eigenvalue weighted by molar-refractivity contribution is 6.32. The fourth-order valence-corrected chi connectivity index (χ4v) is 6.87. The van der Waals surface area contributed by atoms with Crippen LogP contribution in [0.3, 0.4) is 0 Å². The molecule has 0 saturated carbocycles. The molecule has 9 aromatic rings. The SMILES string of the molecule is Clc1ccc2c(c1)c1c3ccccc3ccc1n2-c1nc2ccccc2nc1-c1ccc(-c2ccccc2)c2ccccc12. The average Bonchev–Trinajstić information content (AvgIpc) is 3.41. The molecule has 9 rings (SSSR count). The van der Waals surface area contributed by atoms with Gasteiger partial charge in [0.05, 0.1) is 22.1 Å². The molecule has 3 nitrogen and oxygen atoms in total. The highest BCUT2D eigenvalue weighted by Gasteiger charge is 2.22. The van der Waals surface area contributed by atoms with Gasteiger partial charge in [0.15, 0.2) is 5.82 Å². The average molecular weight is 582 g/mol. The Hall–Kier alpha value is -5.51. The number of fused-ring (bicyclic) bond motifs is 7. The molecule has 0 aliphatic heterocycles. The highest BCUT2D eigenvalue weighted by atomic mass is 35.5. The molecule has 0 aliphatic carbocycles. The van der Waals surface area contributed by atoms with E-state index in [0.717, 1.165) is 55.3 Å². The number of hydrogen-bond donors (Lipinski definition) is 0. The van der Waals surface area contributed by atoms with Gasteiger partial charge in [0, 0.05) is 21.4 Å². The molecule has 0 aliphatic rings. The monoisotopic (exact) mass is 581 g/mol. The van der Waals surface area contributed by atoms with Crippen molar-refractivity contribution in [2.75, 3.05) is 0 Å². The number of halogens is 1. The largest absolute Gasteiger partial charge is 0.292 e. The Bertz CT molecular complexity index is 2570. The lowest BCUT2D eigenvalue weighted by Crippen LogP contribution is -2.04. The molecule has 0 saturated heterocycles. The van der Waals surface area contributed by atoms with Crippen LogP contribution in [0.1, 0.15) is 0 Å². The first-order valence-electron chi connectivity index (χ1n) is 14.7. The normalized spacial score (nSPS) is 11.8. The standard InChI is InChI=1S/C40H24ClN3/c41-27-19-23-36-33(24-27)38-29-13-5-4-12-26(29)18-22-37(38)44(36)40-39(42-34-16-8-9-17-35(34)43-40)32-21-20-28(25-10-2-1-3-11-25)30-14-6-7-15-31(30)32/h1-24H. The van der Waals surface area contributed by atoms with Gasteiger partial charge in [0.1, 0.15) is 5.69 Å². The number of rotatable bonds is 3. The maximum absolute atomic E-state index is 6.62. The van der Waals surface area contributed by atoms with E-state index in [0.29, 0.717) is 5.02 Å². The molecule has 0 atom stereocenters. The fourth-order valence-electron chi connectivity index (χ4n) is 6.69. The van der Waals surface area contributed by atoms with Crippen molar-refractivity contribution in [3.63, 3.8) is 0 Å². The quantitative estimate of drug-likeness (QED) is 0.208. The minimum absolute atomic E-state index is 0.705. The van der Waals surface area contributed by atoms with Crippen molar-refractivity contribution in [2.24, 2.45) is 0 Å². The summed E-state index contributed by atoms with van der Waals surface area (Å²) in [5, 5.41) is 7.64. The van der Waals surface area contributed by atoms with Gasteiger partial charge in [-0.1, -0.05) is 121 Å². The number of aromatic nitrogens is 3. The Morgan fingerprint density at radius 3 is 1.93 bits per heavy atom. The molecule has 206 valence electrons. The molecule has 44 heavy (non-hydrogen) atoms. The molecule has 0 fully saturated rings. The van der Waals surface area contributed by atoms with Crippen molar-refractivity contribution < 1.29 is 0 Å². The lowest BCUT2D eigenvalue weighted by Gasteiger charge is -2.16. The summed E-state index contributed by atoms with van der Waals surface area (Å²) >= 11 is 6.62. The summed E-state index contributed by atoms with van der Waals surface area (Å²) in [5.74, 6) is 0.791. The van der Waals surface area contributed by atoms with Gasteiger partial charge in [-0.05, 0) is 69.1 Å². The van der Waals surface area contributed by atoms with Crippen molar-refractivity contribution in [3.8, 4) is 28.2 Å². The van der Waals surface area contributed by atoms with Gasteiger partial charge < -0.3 is 0 Å². The predicted molar refractivity (Wildman–Crippen MR) is 185 cm³/mol. The van der Waals surface area contributed by atoms with Crippen LogP contribution in [0.25, 0.3) is 82.6 Å². The molecule has 0 spiro atoms. The zero-order chi connectivity index (χ0) is 29.2. The molecular weight excluding hydrogens is 558 g/mol. The lowest BCUT2D eigenvalue weighted by molar-refractivity contribution is 1.08. The second-order valence-electron chi connectivity index (χ2n) is 11.1. The Kier molecular flexibility index (Phi) is 5.56. The van der Waals surface area contributed by atoms with Gasteiger partial charge in [0.25, 0.3) is 0 Å². The first kappa shape index (κ1) is 25.0. The number of benzene rings is 7. The van der Waals surface area contributed by atoms with E-state index >= 15 is 0 Å². The minimum atomic E-state index is 0.705. The van der Waals surface area contributed by atoms with E-state index in [1.807, 2.05) is 30.3 Å². The van der Waals surface area contributed by atoms with Crippen molar-refractivity contribution in [2.45, 2.75) is 0 Å². The van der Waals surface area contributed by atoms with E-state index in [9.17, 15) is 0 Å². The van der Waals surface area contributed by atoms with Crippen molar-refractivity contribution >= 4 is 66.0 Å². The Morgan fingerprint density at radius 2 is 1.11 bits per heavy atom. The molecule has 0 radical (unpaired) electrons. The van der Waals surface area contributed by atoms with Gasteiger partial charge in [0.2, 0.25) is 0 Å². The van der Waals surface area contributed by atoms with Crippen molar-refractivity contribution in [3.05, 3.63) is 151 Å². The van der Waals surface area contributed by atoms with E-state index in [2.05, 4.69) is 120 Å². The molecule has 0 N–H and O–H groups in total. The fraction of sp³-hybridized carbons (Fsp3) is 0. The van der Waals surface area contributed by atoms with Crippen LogP contribution in [0.4, 0.5) is 0 Å². The zero-order valence-electron chi connectivity index (χ0n) is 23.6. The summed E-state index contributed by atoms with van der Waals surface area (Å²) in [7, 11) is 0. The lowest BCUT2D eigenvalue weighted by atomic mass is 9.93.